The Morgan fingerprint density at radius 2 is 1.81 bits per heavy atom. The molecular formula is C26H28FN9O. The molecule has 10 nitrogen and oxygen atoms in total. The number of hydrogen-bond acceptors (Lipinski definition) is 7. The second-order valence-electron chi connectivity index (χ2n) is 9.29. The number of H-pyrrole nitrogens is 3. The minimum Gasteiger partial charge on any atom is -0.367 e. The Hall–Kier alpha value is -4.25. The minimum atomic E-state index is -0.796. The van der Waals surface area contributed by atoms with Crippen molar-refractivity contribution in [3.63, 3.8) is 0 Å². The summed E-state index contributed by atoms with van der Waals surface area (Å²) in [7, 11) is 0. The van der Waals surface area contributed by atoms with E-state index in [0.717, 1.165) is 30.5 Å². The van der Waals surface area contributed by atoms with Crippen molar-refractivity contribution in [3.8, 4) is 11.1 Å². The van der Waals surface area contributed by atoms with Gasteiger partial charge in [-0.1, -0.05) is 24.6 Å². The topological polar surface area (TPSA) is 130 Å². The summed E-state index contributed by atoms with van der Waals surface area (Å²) < 4.78 is 14.4. The molecule has 1 aliphatic heterocycles. The molecule has 0 radical (unpaired) electrons. The third-order valence-corrected chi connectivity index (χ3v) is 6.95. The maximum Gasteiger partial charge on any atom is 0.272 e. The van der Waals surface area contributed by atoms with E-state index in [9.17, 15) is 9.18 Å². The smallest absolute Gasteiger partial charge is 0.272 e. The number of halogens is 1. The van der Waals surface area contributed by atoms with Crippen LogP contribution in [0.3, 0.4) is 0 Å². The summed E-state index contributed by atoms with van der Waals surface area (Å²) in [6.45, 7) is 2.96. The molecule has 0 spiro atoms. The van der Waals surface area contributed by atoms with Gasteiger partial charge in [0.2, 0.25) is 0 Å². The summed E-state index contributed by atoms with van der Waals surface area (Å²) >= 11 is 0. The van der Waals surface area contributed by atoms with Gasteiger partial charge in [-0.15, -0.1) is 10.2 Å². The molecule has 6 rings (SSSR count). The van der Waals surface area contributed by atoms with E-state index in [-0.39, 0.29) is 5.56 Å². The van der Waals surface area contributed by atoms with Crippen LogP contribution in [0.25, 0.3) is 32.9 Å². The number of likely N-dealkylation sites (tertiary alicyclic amines) is 1. The van der Waals surface area contributed by atoms with Crippen LogP contribution in [0, 0.1) is 0 Å². The number of aromatic nitrogens is 6. The molecule has 0 saturated carbocycles. The number of alkyl halides is 1. The van der Waals surface area contributed by atoms with Gasteiger partial charge < -0.3 is 15.5 Å². The predicted octanol–water partition coefficient (Wildman–Crippen LogP) is 4.30. The Morgan fingerprint density at radius 1 is 0.946 bits per heavy atom. The highest BCUT2D eigenvalue weighted by Crippen LogP contribution is 2.35. The molecule has 1 fully saturated rings. The van der Waals surface area contributed by atoms with E-state index in [1.165, 1.54) is 19.3 Å². The molecule has 37 heavy (non-hydrogen) atoms. The number of para-hydroxylation sites is 1. The van der Waals surface area contributed by atoms with Crippen LogP contribution in [0.4, 0.5) is 21.8 Å². The Morgan fingerprint density at radius 3 is 2.68 bits per heavy atom. The van der Waals surface area contributed by atoms with Crippen LogP contribution in [0.15, 0.2) is 47.3 Å². The molecule has 2 aromatic carbocycles. The lowest BCUT2D eigenvalue weighted by molar-refractivity contribution is 0.237. The first-order valence-corrected chi connectivity index (χ1v) is 12.5. The van der Waals surface area contributed by atoms with Crippen molar-refractivity contribution >= 4 is 39.3 Å². The van der Waals surface area contributed by atoms with Gasteiger partial charge in [0.25, 0.3) is 5.56 Å². The maximum absolute atomic E-state index is 14.4. The molecule has 0 atom stereocenters. The Kier molecular flexibility index (Phi) is 6.27. The number of fused-ring (bicyclic) bond motifs is 2. The van der Waals surface area contributed by atoms with Gasteiger partial charge in [0.15, 0.2) is 17.5 Å². The number of piperidine rings is 1. The molecule has 11 heteroatoms. The number of rotatable bonds is 8. The van der Waals surface area contributed by atoms with E-state index < -0.39 is 6.67 Å². The molecule has 0 unspecified atom stereocenters. The molecule has 5 aromatic rings. The van der Waals surface area contributed by atoms with Crippen LogP contribution < -0.4 is 16.2 Å². The van der Waals surface area contributed by atoms with Crippen LogP contribution in [0.2, 0.25) is 0 Å². The highest BCUT2D eigenvalue weighted by Gasteiger charge is 2.19. The SMILES string of the molecule is O=c1[nH][nH]c2ccc(-c3cc(Nc4n[nH]c5ccccc45)nnc3NCCN3CCCCC3)c(CF)c12. The van der Waals surface area contributed by atoms with Crippen molar-refractivity contribution in [2.45, 2.75) is 25.9 Å². The molecule has 0 aliphatic carbocycles. The number of anilines is 3. The third-order valence-electron chi connectivity index (χ3n) is 6.95. The number of aromatic amines is 3. The Bertz CT molecular complexity index is 1600. The molecular weight excluding hydrogens is 473 g/mol. The number of nitrogens with zero attached hydrogens (tertiary/aromatic N) is 4. The predicted molar refractivity (Wildman–Crippen MR) is 143 cm³/mol. The standard InChI is InChI=1S/C26H28FN9O/c27-15-19-16(8-9-21-23(19)26(37)35-31-21)18-14-22(29-25-17-6-2-3-7-20(17)30-34-25)32-33-24(18)28-10-13-36-11-4-1-5-12-36/h2-3,6-9,14H,1,4-5,10-13,15H2,(H,28,33)(H2,31,35,37)(H2,29,30,32,34). The van der Waals surface area contributed by atoms with Gasteiger partial charge in [-0.25, -0.2) is 4.39 Å². The molecule has 1 saturated heterocycles. The van der Waals surface area contributed by atoms with E-state index in [1.807, 2.05) is 36.4 Å². The fraction of sp³-hybridized carbons (Fsp3) is 0.308. The summed E-state index contributed by atoms with van der Waals surface area (Å²) in [5.74, 6) is 1.61. The first-order valence-electron chi connectivity index (χ1n) is 12.5. The van der Waals surface area contributed by atoms with Crippen molar-refractivity contribution in [2.24, 2.45) is 0 Å². The average Bonchev–Trinajstić information content (AvgIpc) is 3.53. The fourth-order valence-electron chi connectivity index (χ4n) is 5.07. The van der Waals surface area contributed by atoms with Gasteiger partial charge in [0.1, 0.15) is 6.67 Å². The lowest BCUT2D eigenvalue weighted by Gasteiger charge is -2.26. The van der Waals surface area contributed by atoms with Crippen molar-refractivity contribution in [2.75, 3.05) is 36.8 Å². The fourth-order valence-corrected chi connectivity index (χ4v) is 5.07. The first kappa shape index (κ1) is 23.2. The zero-order valence-corrected chi connectivity index (χ0v) is 20.3. The van der Waals surface area contributed by atoms with E-state index in [2.05, 4.69) is 46.1 Å². The van der Waals surface area contributed by atoms with Crippen molar-refractivity contribution in [1.82, 2.24) is 35.5 Å². The van der Waals surface area contributed by atoms with Crippen LogP contribution in [0.1, 0.15) is 24.8 Å². The molecule has 0 bridgehead atoms. The molecule has 0 amide bonds. The lowest BCUT2D eigenvalue weighted by Crippen LogP contribution is -2.33. The van der Waals surface area contributed by atoms with E-state index in [1.54, 1.807) is 6.07 Å². The van der Waals surface area contributed by atoms with Crippen LogP contribution in [0.5, 0.6) is 0 Å². The van der Waals surface area contributed by atoms with Crippen molar-refractivity contribution in [1.29, 1.82) is 0 Å². The Labute approximate surface area is 211 Å². The summed E-state index contributed by atoms with van der Waals surface area (Å²) in [5, 5.41) is 29.4. The molecule has 3 aromatic heterocycles. The monoisotopic (exact) mass is 501 g/mol. The van der Waals surface area contributed by atoms with E-state index >= 15 is 0 Å². The van der Waals surface area contributed by atoms with Crippen LogP contribution >= 0.6 is 0 Å². The normalized spacial score (nSPS) is 14.4. The quantitative estimate of drug-likeness (QED) is 0.214. The summed E-state index contributed by atoms with van der Waals surface area (Å²) in [6.07, 6.45) is 3.73. The van der Waals surface area contributed by atoms with Crippen LogP contribution in [-0.2, 0) is 6.67 Å². The summed E-state index contributed by atoms with van der Waals surface area (Å²) in [5.41, 5.74) is 2.66. The number of nitrogens with one attached hydrogen (secondary N) is 5. The molecule has 4 heterocycles. The maximum atomic E-state index is 14.4. The summed E-state index contributed by atoms with van der Waals surface area (Å²) in [6, 6.07) is 13.2. The molecule has 5 N–H and O–H groups in total. The Balaban J connectivity index is 1.38. The van der Waals surface area contributed by atoms with Crippen LogP contribution in [-0.4, -0.2) is 61.7 Å². The van der Waals surface area contributed by atoms with Crippen molar-refractivity contribution in [3.05, 3.63) is 58.4 Å². The second-order valence-corrected chi connectivity index (χ2v) is 9.29. The lowest BCUT2D eigenvalue weighted by atomic mass is 9.98. The van der Waals surface area contributed by atoms with Gasteiger partial charge in [0.05, 0.1) is 16.4 Å². The summed E-state index contributed by atoms with van der Waals surface area (Å²) in [4.78, 5) is 14.9. The van der Waals surface area contributed by atoms with E-state index in [4.69, 9.17) is 0 Å². The average molecular weight is 502 g/mol. The number of hydrogen-bond donors (Lipinski definition) is 5. The van der Waals surface area contributed by atoms with Gasteiger partial charge in [-0.05, 0) is 55.8 Å². The number of benzene rings is 2. The van der Waals surface area contributed by atoms with Gasteiger partial charge in [-0.3, -0.25) is 20.1 Å². The molecule has 190 valence electrons. The van der Waals surface area contributed by atoms with Gasteiger partial charge in [0, 0.05) is 29.6 Å². The second kappa shape index (κ2) is 10.0. The van der Waals surface area contributed by atoms with Gasteiger partial charge in [-0.2, -0.15) is 5.10 Å². The van der Waals surface area contributed by atoms with Gasteiger partial charge >= 0.3 is 0 Å². The zero-order chi connectivity index (χ0) is 25.2. The zero-order valence-electron chi connectivity index (χ0n) is 20.3. The minimum absolute atomic E-state index is 0.309. The van der Waals surface area contributed by atoms with Crippen molar-refractivity contribution < 1.29 is 4.39 Å². The van der Waals surface area contributed by atoms with E-state index in [0.29, 0.717) is 51.6 Å². The first-order chi connectivity index (χ1) is 18.2. The highest BCUT2D eigenvalue weighted by atomic mass is 19.1. The third kappa shape index (κ3) is 4.53. The highest BCUT2D eigenvalue weighted by molar-refractivity contribution is 5.93. The largest absolute Gasteiger partial charge is 0.367 e. The molecule has 1 aliphatic rings.